The highest BCUT2D eigenvalue weighted by atomic mass is 16.3. The fourth-order valence-corrected chi connectivity index (χ4v) is 5.81. The second-order valence-electron chi connectivity index (χ2n) is 10.1. The highest BCUT2D eigenvalue weighted by molar-refractivity contribution is 5.78. The van der Waals surface area contributed by atoms with E-state index < -0.39 is 5.60 Å². The molecule has 2 unspecified atom stereocenters. The average Bonchev–Trinajstić information content (AvgIpc) is 2.84. The van der Waals surface area contributed by atoms with Crippen LogP contribution < -0.4 is 5.32 Å². The molecule has 0 radical (unpaired) electrons. The Hall–Kier alpha value is -2.39. The molecule has 5 nitrogen and oxygen atoms in total. The van der Waals surface area contributed by atoms with Crippen molar-refractivity contribution in [2.45, 2.75) is 50.8 Å². The summed E-state index contributed by atoms with van der Waals surface area (Å²) in [6.45, 7) is 6.39. The van der Waals surface area contributed by atoms with Gasteiger partial charge in [0.2, 0.25) is 0 Å². The summed E-state index contributed by atoms with van der Waals surface area (Å²) in [6.07, 6.45) is 9.14. The predicted molar refractivity (Wildman–Crippen MR) is 130 cm³/mol. The van der Waals surface area contributed by atoms with Gasteiger partial charge in [-0.25, -0.2) is 0 Å². The molecule has 2 bridgehead atoms. The molecule has 4 saturated heterocycles. The minimum Gasteiger partial charge on any atom is -0.376 e. The molecule has 0 spiro atoms. The molecule has 5 aliphatic rings. The number of Topliss-reactive ketones (excluding diaryl/α,β-unsaturated/α-hetero) is 1. The predicted octanol–water partition coefficient (Wildman–Crippen LogP) is 2.73. The molecule has 5 heterocycles. The summed E-state index contributed by atoms with van der Waals surface area (Å²) in [6, 6.07) is 10.5. The van der Waals surface area contributed by atoms with E-state index in [0.29, 0.717) is 12.3 Å². The molecule has 6 rings (SSSR count). The number of nitrogens with zero attached hydrogens (tertiary/aromatic N) is 2. The molecule has 5 heteroatoms. The van der Waals surface area contributed by atoms with Crippen molar-refractivity contribution in [2.24, 2.45) is 11.8 Å². The van der Waals surface area contributed by atoms with Crippen molar-refractivity contribution in [1.29, 1.82) is 0 Å². The van der Waals surface area contributed by atoms with E-state index in [4.69, 9.17) is 0 Å². The van der Waals surface area contributed by atoms with Crippen LogP contribution in [-0.2, 0) is 11.2 Å². The van der Waals surface area contributed by atoms with Crippen molar-refractivity contribution < 1.29 is 9.90 Å². The molecule has 2 N–H and O–H groups in total. The number of ketones is 1. The SMILES string of the molecule is CC(=O)C1CCN(C2C=CC(C#CC3(O)CN4CCC3CC4)=C(Cc3ccccc3)N2)CC1. The molecule has 0 aromatic heterocycles. The van der Waals surface area contributed by atoms with Crippen LogP contribution in [0.15, 0.2) is 53.8 Å². The van der Waals surface area contributed by atoms with Crippen molar-refractivity contribution in [1.82, 2.24) is 15.1 Å². The maximum atomic E-state index is 11.8. The third kappa shape index (κ3) is 4.94. The summed E-state index contributed by atoms with van der Waals surface area (Å²) in [5, 5.41) is 15.0. The Labute approximate surface area is 197 Å². The number of carbonyl (C=O) groups is 1. The minimum absolute atomic E-state index is 0.113. The first-order valence-corrected chi connectivity index (χ1v) is 12.4. The van der Waals surface area contributed by atoms with Gasteiger partial charge >= 0.3 is 0 Å². The van der Waals surface area contributed by atoms with Gasteiger partial charge in [-0.15, -0.1) is 0 Å². The highest BCUT2D eigenvalue weighted by Crippen LogP contribution is 2.35. The molecule has 0 amide bonds. The maximum Gasteiger partial charge on any atom is 0.141 e. The first-order chi connectivity index (χ1) is 16.0. The van der Waals surface area contributed by atoms with Crippen molar-refractivity contribution in [3.8, 4) is 11.8 Å². The number of carbonyl (C=O) groups excluding carboxylic acids is 1. The van der Waals surface area contributed by atoms with Crippen LogP contribution in [0.4, 0.5) is 0 Å². The standard InChI is InChI=1S/C28H35N3O2/c1-21(32)23-10-17-31(18-11-23)27-8-7-24(26(29-27)19-22-5-3-2-4-6-22)9-14-28(33)20-30-15-12-25(28)13-16-30/h2-8,23,25,27,29,33H,10-13,15-20H2,1H3. The Kier molecular flexibility index (Phi) is 6.42. The van der Waals surface area contributed by atoms with E-state index in [2.05, 4.69) is 63.4 Å². The van der Waals surface area contributed by atoms with Crippen LogP contribution in [0.1, 0.15) is 38.2 Å². The average molecular weight is 446 g/mol. The molecule has 2 atom stereocenters. The second-order valence-corrected chi connectivity index (χ2v) is 10.1. The maximum absolute atomic E-state index is 11.8. The topological polar surface area (TPSA) is 55.8 Å². The number of benzene rings is 1. The molecule has 1 aromatic carbocycles. The fraction of sp³-hybridized carbons (Fsp3) is 0.536. The number of aliphatic hydroxyl groups is 1. The summed E-state index contributed by atoms with van der Waals surface area (Å²) in [5.74, 6) is 7.47. The zero-order valence-corrected chi connectivity index (χ0v) is 19.6. The van der Waals surface area contributed by atoms with Gasteiger partial charge in [-0.2, -0.15) is 0 Å². The van der Waals surface area contributed by atoms with Crippen LogP contribution in [0.3, 0.4) is 0 Å². The Morgan fingerprint density at radius 1 is 1.12 bits per heavy atom. The van der Waals surface area contributed by atoms with Gasteiger partial charge in [0.25, 0.3) is 0 Å². The number of allylic oxidation sites excluding steroid dienone is 3. The van der Waals surface area contributed by atoms with Gasteiger partial charge < -0.3 is 10.4 Å². The van der Waals surface area contributed by atoms with Gasteiger partial charge in [0.1, 0.15) is 11.4 Å². The number of hydrogen-bond acceptors (Lipinski definition) is 5. The minimum atomic E-state index is -0.902. The van der Waals surface area contributed by atoms with Crippen LogP contribution in [-0.4, -0.2) is 65.2 Å². The third-order valence-corrected chi connectivity index (χ3v) is 7.96. The number of hydrogen-bond donors (Lipinski definition) is 2. The molecule has 0 aliphatic carbocycles. The summed E-state index contributed by atoms with van der Waals surface area (Å²) in [7, 11) is 0. The van der Waals surface area contributed by atoms with Crippen molar-refractivity contribution in [2.75, 3.05) is 32.7 Å². The lowest BCUT2D eigenvalue weighted by atomic mass is 9.75. The second kappa shape index (κ2) is 9.46. The zero-order valence-electron chi connectivity index (χ0n) is 19.6. The van der Waals surface area contributed by atoms with Gasteiger partial charge in [0.05, 0.1) is 6.17 Å². The normalized spacial score (nSPS) is 32.2. The summed E-state index contributed by atoms with van der Waals surface area (Å²) in [5.41, 5.74) is 2.42. The molecular formula is C28H35N3O2. The molecule has 0 saturated carbocycles. The lowest BCUT2D eigenvalue weighted by Crippen LogP contribution is -2.58. The van der Waals surface area contributed by atoms with E-state index in [0.717, 1.165) is 69.6 Å². The highest BCUT2D eigenvalue weighted by Gasteiger charge is 2.44. The number of nitrogens with one attached hydrogen (secondary N) is 1. The quantitative estimate of drug-likeness (QED) is 0.698. The van der Waals surface area contributed by atoms with Gasteiger partial charge in [-0.1, -0.05) is 42.2 Å². The number of piperidine rings is 4. The number of likely N-dealkylation sites (tertiary alicyclic amines) is 1. The molecule has 1 aromatic rings. The van der Waals surface area contributed by atoms with Gasteiger partial charge in [0, 0.05) is 49.2 Å². The van der Waals surface area contributed by atoms with Crippen LogP contribution >= 0.6 is 0 Å². The lowest BCUT2D eigenvalue weighted by molar-refractivity contribution is -0.122. The fourth-order valence-electron chi connectivity index (χ4n) is 5.81. The smallest absolute Gasteiger partial charge is 0.141 e. The zero-order chi connectivity index (χ0) is 22.8. The van der Waals surface area contributed by atoms with Gasteiger partial charge in [-0.3, -0.25) is 14.6 Å². The van der Waals surface area contributed by atoms with Crippen LogP contribution in [0.25, 0.3) is 0 Å². The number of dihydropyridines is 1. The molecule has 4 fully saturated rings. The van der Waals surface area contributed by atoms with Gasteiger partial charge in [0.15, 0.2) is 0 Å². The summed E-state index contributed by atoms with van der Waals surface area (Å²) >= 11 is 0. The van der Waals surface area contributed by atoms with E-state index in [1.54, 1.807) is 6.92 Å². The Morgan fingerprint density at radius 2 is 1.85 bits per heavy atom. The first kappa shape index (κ1) is 22.4. The monoisotopic (exact) mass is 445 g/mol. The molecule has 5 aliphatic heterocycles. The van der Waals surface area contributed by atoms with Crippen molar-refractivity contribution >= 4 is 5.78 Å². The van der Waals surface area contributed by atoms with Crippen LogP contribution in [0.5, 0.6) is 0 Å². The summed E-state index contributed by atoms with van der Waals surface area (Å²) in [4.78, 5) is 16.5. The van der Waals surface area contributed by atoms with Crippen molar-refractivity contribution in [3.63, 3.8) is 0 Å². The number of fused-ring (bicyclic) bond motifs is 3. The van der Waals surface area contributed by atoms with Crippen molar-refractivity contribution in [3.05, 3.63) is 59.3 Å². The first-order valence-electron chi connectivity index (χ1n) is 12.4. The van der Waals surface area contributed by atoms with E-state index in [9.17, 15) is 9.90 Å². The van der Waals surface area contributed by atoms with E-state index >= 15 is 0 Å². The molecular weight excluding hydrogens is 410 g/mol. The van der Waals surface area contributed by atoms with E-state index in [1.165, 1.54) is 5.56 Å². The molecule has 174 valence electrons. The lowest BCUT2D eigenvalue weighted by Gasteiger charge is -2.47. The van der Waals surface area contributed by atoms with E-state index in [1.807, 2.05) is 6.07 Å². The number of rotatable bonds is 4. The summed E-state index contributed by atoms with van der Waals surface area (Å²) < 4.78 is 0. The Balaban J connectivity index is 1.36. The van der Waals surface area contributed by atoms with Crippen LogP contribution in [0, 0.1) is 23.7 Å². The Morgan fingerprint density at radius 3 is 2.48 bits per heavy atom. The Bertz CT molecular complexity index is 989. The molecule has 33 heavy (non-hydrogen) atoms. The van der Waals surface area contributed by atoms with Crippen LogP contribution in [0.2, 0.25) is 0 Å². The largest absolute Gasteiger partial charge is 0.376 e. The van der Waals surface area contributed by atoms with Gasteiger partial charge in [-0.05, 0) is 63.4 Å². The van der Waals surface area contributed by atoms with E-state index in [-0.39, 0.29) is 18.0 Å². The third-order valence-electron chi connectivity index (χ3n) is 7.96.